The maximum atomic E-state index is 13.4. The van der Waals surface area contributed by atoms with Crippen LogP contribution >= 0.6 is 0 Å². The minimum Gasteiger partial charge on any atom is -0.448 e. The number of piperazine rings is 1. The second-order valence-corrected chi connectivity index (χ2v) is 9.54. The van der Waals surface area contributed by atoms with Gasteiger partial charge in [0.1, 0.15) is 6.61 Å². The number of amides is 1. The molecule has 1 saturated heterocycles. The van der Waals surface area contributed by atoms with Crippen LogP contribution < -0.4 is 11.2 Å². The van der Waals surface area contributed by atoms with Crippen LogP contribution in [0.1, 0.15) is 28.2 Å². The number of halogens is 3. The van der Waals surface area contributed by atoms with E-state index in [9.17, 15) is 17.7 Å². The molecule has 36 heavy (non-hydrogen) atoms. The summed E-state index contributed by atoms with van der Waals surface area (Å²) < 4.78 is 46.0. The van der Waals surface area contributed by atoms with Gasteiger partial charge in [-0.15, -0.1) is 5.46 Å². The summed E-state index contributed by atoms with van der Waals surface area (Å²) in [5.74, 6) is -0.000869. The van der Waals surface area contributed by atoms with Crippen LogP contribution in [-0.2, 0) is 11.3 Å². The molecule has 5 rings (SSSR count). The average Bonchev–Trinajstić information content (AvgIpc) is 3.18. The standard InChI is InChI=1S/C27H28BF3N3O2/c1-18-25(28(29,30)31)14-19(15-26(18)32)16-33-10-12-34(13-11-33)27(35)36-17-24-22-8-4-2-6-20(22)21-7-3-5-9-23(21)24/h2-9,14-15,24H,10-13,16-17,32H2,1H3/q-1. The first-order valence-electron chi connectivity index (χ1n) is 12.1. The van der Waals surface area contributed by atoms with Gasteiger partial charge in [0.25, 0.3) is 0 Å². The van der Waals surface area contributed by atoms with Crippen LogP contribution in [0.15, 0.2) is 60.7 Å². The van der Waals surface area contributed by atoms with Gasteiger partial charge in [0.2, 0.25) is 0 Å². The molecule has 0 aromatic heterocycles. The number of nitrogens with zero attached hydrogens (tertiary/aromatic N) is 2. The predicted octanol–water partition coefficient (Wildman–Crippen LogP) is 4.70. The molecule has 0 bridgehead atoms. The number of fused-ring (bicyclic) bond motifs is 3. The fraction of sp³-hybridized carbons (Fsp3) is 0.296. The quantitative estimate of drug-likeness (QED) is 0.413. The highest BCUT2D eigenvalue weighted by atomic mass is 19.4. The molecule has 0 saturated carbocycles. The van der Waals surface area contributed by atoms with Crippen molar-refractivity contribution in [3.8, 4) is 11.1 Å². The maximum absolute atomic E-state index is 13.4. The van der Waals surface area contributed by atoms with Crippen molar-refractivity contribution in [1.82, 2.24) is 9.80 Å². The van der Waals surface area contributed by atoms with E-state index in [-0.39, 0.29) is 29.9 Å². The van der Waals surface area contributed by atoms with Gasteiger partial charge in [-0.25, -0.2) is 4.79 Å². The first-order chi connectivity index (χ1) is 17.2. The largest absolute Gasteiger partial charge is 0.509 e. The summed E-state index contributed by atoms with van der Waals surface area (Å²) in [5, 5.41) is 0. The van der Waals surface area contributed by atoms with E-state index in [1.165, 1.54) is 24.1 Å². The second-order valence-electron chi connectivity index (χ2n) is 9.54. The summed E-state index contributed by atoms with van der Waals surface area (Å²) in [4.78, 5) is 16.5. The third-order valence-electron chi connectivity index (χ3n) is 7.27. The molecule has 1 amide bonds. The molecule has 0 atom stereocenters. The number of anilines is 1. The minimum atomic E-state index is -5.13. The lowest BCUT2D eigenvalue weighted by Crippen LogP contribution is -2.48. The molecule has 1 aliphatic heterocycles. The van der Waals surface area contributed by atoms with Crippen LogP contribution in [0.5, 0.6) is 0 Å². The van der Waals surface area contributed by atoms with Crippen molar-refractivity contribution in [3.05, 3.63) is 82.9 Å². The average molecular weight is 494 g/mol. The van der Waals surface area contributed by atoms with Gasteiger partial charge in [-0.3, -0.25) is 4.90 Å². The van der Waals surface area contributed by atoms with Gasteiger partial charge in [0, 0.05) is 44.3 Å². The molecule has 0 spiro atoms. The van der Waals surface area contributed by atoms with Crippen LogP contribution in [0.25, 0.3) is 11.1 Å². The molecule has 0 radical (unpaired) electrons. The van der Waals surface area contributed by atoms with E-state index in [0.29, 0.717) is 38.3 Å². The zero-order chi connectivity index (χ0) is 25.4. The van der Waals surface area contributed by atoms with E-state index in [4.69, 9.17) is 10.5 Å². The lowest BCUT2D eigenvalue weighted by molar-refractivity contribution is 0.0728. The number of hydrogen-bond donors (Lipinski definition) is 1. The predicted molar refractivity (Wildman–Crippen MR) is 136 cm³/mol. The number of carbonyl (C=O) groups excluding carboxylic acids is 1. The zero-order valence-electron chi connectivity index (χ0n) is 20.1. The van der Waals surface area contributed by atoms with Crippen molar-refractivity contribution in [2.24, 2.45) is 0 Å². The monoisotopic (exact) mass is 494 g/mol. The van der Waals surface area contributed by atoms with Crippen LogP contribution in [0, 0.1) is 6.92 Å². The summed E-state index contributed by atoms with van der Waals surface area (Å²) in [6.07, 6.45) is -0.363. The summed E-state index contributed by atoms with van der Waals surface area (Å²) >= 11 is 0. The summed E-state index contributed by atoms with van der Waals surface area (Å²) in [6, 6.07) is 19.2. The highest BCUT2D eigenvalue weighted by molar-refractivity contribution is 6.74. The summed E-state index contributed by atoms with van der Waals surface area (Å²) in [6.45, 7) is -1.12. The highest BCUT2D eigenvalue weighted by Crippen LogP contribution is 2.44. The third-order valence-corrected chi connectivity index (χ3v) is 7.27. The molecule has 0 unspecified atom stereocenters. The Morgan fingerprint density at radius 3 is 2.14 bits per heavy atom. The first-order valence-corrected chi connectivity index (χ1v) is 12.1. The van der Waals surface area contributed by atoms with Gasteiger partial charge in [-0.1, -0.05) is 60.2 Å². The first kappa shape index (κ1) is 24.2. The van der Waals surface area contributed by atoms with Crippen LogP contribution in [0.3, 0.4) is 0 Å². The normalized spacial score (nSPS) is 16.1. The fourth-order valence-corrected chi connectivity index (χ4v) is 5.29. The Bertz CT molecular complexity index is 1240. The lowest BCUT2D eigenvalue weighted by Gasteiger charge is -2.34. The second kappa shape index (κ2) is 9.54. The molecule has 188 valence electrons. The van der Waals surface area contributed by atoms with Gasteiger partial charge in [0.15, 0.2) is 0 Å². The van der Waals surface area contributed by atoms with Gasteiger partial charge in [-0.05, 0) is 40.8 Å². The van der Waals surface area contributed by atoms with Gasteiger partial charge in [-0.2, -0.15) is 0 Å². The molecular formula is C27H28BF3N3O2-. The molecule has 3 aromatic carbocycles. The summed E-state index contributed by atoms with van der Waals surface area (Å²) in [7, 11) is 0. The number of nitrogens with two attached hydrogens (primary N) is 1. The molecule has 1 aliphatic carbocycles. The van der Waals surface area contributed by atoms with Gasteiger partial charge < -0.3 is 28.3 Å². The van der Waals surface area contributed by atoms with Gasteiger partial charge >= 0.3 is 13.1 Å². The number of hydrogen-bond acceptors (Lipinski definition) is 4. The van der Waals surface area contributed by atoms with E-state index in [1.807, 2.05) is 29.2 Å². The Labute approximate surface area is 208 Å². The summed E-state index contributed by atoms with van der Waals surface area (Å²) in [5.41, 5.74) is 10.6. The van der Waals surface area contributed by atoms with Crippen molar-refractivity contribution < 1.29 is 22.5 Å². The Kier molecular flexibility index (Phi) is 6.43. The molecule has 1 heterocycles. The van der Waals surface area contributed by atoms with E-state index < -0.39 is 12.4 Å². The Hall–Kier alpha value is -3.46. The SMILES string of the molecule is Cc1c(N)cc(CN2CCN(C(=O)OCC3c4ccccc4-c4ccccc43)CC2)cc1[B-](F)(F)F. The molecule has 5 nitrogen and oxygen atoms in total. The molecule has 2 N–H and O–H groups in total. The van der Waals surface area contributed by atoms with Crippen molar-refractivity contribution >= 4 is 24.2 Å². The van der Waals surface area contributed by atoms with Crippen molar-refractivity contribution in [3.63, 3.8) is 0 Å². The zero-order valence-corrected chi connectivity index (χ0v) is 20.1. The van der Waals surface area contributed by atoms with E-state index in [2.05, 4.69) is 24.3 Å². The number of rotatable bonds is 5. The van der Waals surface area contributed by atoms with Crippen molar-refractivity contribution in [2.75, 3.05) is 38.5 Å². The van der Waals surface area contributed by atoms with Gasteiger partial charge in [0.05, 0.1) is 0 Å². The maximum Gasteiger partial charge on any atom is 0.509 e. The van der Waals surface area contributed by atoms with E-state index in [0.717, 1.165) is 11.1 Å². The Balaban J connectivity index is 1.18. The molecule has 2 aliphatic rings. The highest BCUT2D eigenvalue weighted by Gasteiger charge is 2.31. The Morgan fingerprint density at radius 1 is 0.972 bits per heavy atom. The van der Waals surface area contributed by atoms with Crippen LogP contribution in [-0.4, -0.2) is 55.7 Å². The topological polar surface area (TPSA) is 58.8 Å². The Morgan fingerprint density at radius 2 is 1.56 bits per heavy atom. The van der Waals surface area contributed by atoms with Crippen molar-refractivity contribution in [2.45, 2.75) is 19.4 Å². The molecule has 1 fully saturated rings. The number of benzene rings is 3. The molecule has 9 heteroatoms. The van der Waals surface area contributed by atoms with E-state index >= 15 is 0 Å². The number of nitrogen functional groups attached to an aromatic ring is 1. The third kappa shape index (κ3) is 4.67. The van der Waals surface area contributed by atoms with E-state index in [1.54, 1.807) is 11.0 Å². The minimum absolute atomic E-state index is 0.000869. The number of ether oxygens (including phenoxy) is 1. The lowest BCUT2D eigenvalue weighted by atomic mass is 9.76. The van der Waals surface area contributed by atoms with Crippen LogP contribution in [0.2, 0.25) is 0 Å². The van der Waals surface area contributed by atoms with Crippen LogP contribution in [0.4, 0.5) is 23.4 Å². The smallest absolute Gasteiger partial charge is 0.448 e. The number of carbonyl (C=O) groups is 1. The molecular weight excluding hydrogens is 466 g/mol. The fourth-order valence-electron chi connectivity index (χ4n) is 5.29. The van der Waals surface area contributed by atoms with Crippen molar-refractivity contribution in [1.29, 1.82) is 0 Å². The molecule has 3 aromatic rings.